The minimum atomic E-state index is -1.09. The van der Waals surface area contributed by atoms with Crippen LogP contribution in [0.4, 0.5) is 13.8 Å². The lowest BCUT2D eigenvalue weighted by molar-refractivity contribution is 0.0697. The number of rotatable bonds is 4. The van der Waals surface area contributed by atoms with Crippen LogP contribution in [0.1, 0.15) is 16.8 Å². The summed E-state index contributed by atoms with van der Waals surface area (Å²) in [4.78, 5) is 14.2. The number of thiophene rings is 1. The molecule has 0 unspecified atom stereocenters. The molecule has 0 bridgehead atoms. The first-order chi connectivity index (χ1) is 13.5. The predicted octanol–water partition coefficient (Wildman–Crippen LogP) is 4.63. The Labute approximate surface area is 164 Å². The molecular weight excluding hydrogens is 384 g/mol. The number of aromatic carboxylic acids is 1. The Hall–Kier alpha value is -2.77. The van der Waals surface area contributed by atoms with Crippen LogP contribution in [0.3, 0.4) is 0 Å². The number of β-amino-alcohol motifs (C(OH)–C–C–N with tert-alkyl or cyclic N) is 1. The number of halogens is 2. The maximum Gasteiger partial charge on any atom is 0.336 e. The molecule has 2 aromatic carbocycles. The van der Waals surface area contributed by atoms with Gasteiger partial charge in [-0.2, -0.15) is 0 Å². The van der Waals surface area contributed by atoms with Gasteiger partial charge in [-0.15, -0.1) is 11.3 Å². The zero-order valence-corrected chi connectivity index (χ0v) is 15.5. The van der Waals surface area contributed by atoms with Gasteiger partial charge in [0.25, 0.3) is 0 Å². The summed E-state index contributed by atoms with van der Waals surface area (Å²) in [5.41, 5.74) is 1.06. The van der Waals surface area contributed by atoms with Crippen LogP contribution < -0.4 is 4.90 Å². The van der Waals surface area contributed by atoms with E-state index < -0.39 is 23.7 Å². The summed E-state index contributed by atoms with van der Waals surface area (Å²) in [7, 11) is 0. The van der Waals surface area contributed by atoms with Crippen molar-refractivity contribution in [2.45, 2.75) is 12.5 Å². The molecule has 144 valence electrons. The highest BCUT2D eigenvalue weighted by atomic mass is 32.1. The standard InChI is InChI=1S/C21H17F2NO3S/c22-17-7-3-6-13(19(17)23)16-10-18(24-9-8-12(25)11-24)28-20(16)14-4-1-2-5-15(14)21(26)27/h1-7,10,12,25H,8-9,11H2,(H,26,27)/t12-/m0/s1. The molecule has 1 atom stereocenters. The molecule has 3 aromatic rings. The lowest BCUT2D eigenvalue weighted by Gasteiger charge is -2.14. The number of carbonyl (C=O) groups is 1. The van der Waals surface area contributed by atoms with E-state index in [1.165, 1.54) is 29.5 Å². The van der Waals surface area contributed by atoms with Gasteiger partial charge < -0.3 is 15.1 Å². The summed E-state index contributed by atoms with van der Waals surface area (Å²) in [5, 5.41) is 20.2. The van der Waals surface area contributed by atoms with Crippen molar-refractivity contribution in [1.29, 1.82) is 0 Å². The van der Waals surface area contributed by atoms with E-state index in [4.69, 9.17) is 0 Å². The first-order valence-corrected chi connectivity index (χ1v) is 9.61. The number of carboxylic acids is 1. The first kappa shape index (κ1) is 18.6. The van der Waals surface area contributed by atoms with Crippen LogP contribution in [0.15, 0.2) is 48.5 Å². The first-order valence-electron chi connectivity index (χ1n) is 8.79. The number of anilines is 1. The van der Waals surface area contributed by atoms with Crippen molar-refractivity contribution in [1.82, 2.24) is 0 Å². The molecule has 0 radical (unpaired) electrons. The maximum atomic E-state index is 14.6. The van der Waals surface area contributed by atoms with Crippen LogP contribution >= 0.6 is 11.3 Å². The molecule has 0 spiro atoms. The Balaban J connectivity index is 1.93. The van der Waals surface area contributed by atoms with Gasteiger partial charge in [0.1, 0.15) is 0 Å². The van der Waals surface area contributed by atoms with Gasteiger partial charge in [0.15, 0.2) is 11.6 Å². The Morgan fingerprint density at radius 3 is 2.54 bits per heavy atom. The third-order valence-electron chi connectivity index (χ3n) is 4.84. The molecule has 1 saturated heterocycles. The minimum Gasteiger partial charge on any atom is -0.478 e. The zero-order valence-electron chi connectivity index (χ0n) is 14.7. The summed E-state index contributed by atoms with van der Waals surface area (Å²) in [6, 6.07) is 12.2. The predicted molar refractivity (Wildman–Crippen MR) is 105 cm³/mol. The molecule has 1 aromatic heterocycles. The van der Waals surface area contributed by atoms with Crippen molar-refractivity contribution in [2.75, 3.05) is 18.0 Å². The van der Waals surface area contributed by atoms with Gasteiger partial charge >= 0.3 is 5.97 Å². The molecule has 7 heteroatoms. The number of hydrogen-bond acceptors (Lipinski definition) is 4. The van der Waals surface area contributed by atoms with Crippen molar-refractivity contribution in [3.8, 4) is 21.6 Å². The Morgan fingerprint density at radius 1 is 1.07 bits per heavy atom. The smallest absolute Gasteiger partial charge is 0.336 e. The third kappa shape index (κ3) is 3.27. The van der Waals surface area contributed by atoms with Gasteiger partial charge in [-0.3, -0.25) is 0 Å². The number of carboxylic acid groups (broad SMARTS) is 1. The van der Waals surface area contributed by atoms with E-state index in [0.717, 1.165) is 11.1 Å². The normalized spacial score (nSPS) is 16.5. The van der Waals surface area contributed by atoms with Gasteiger partial charge in [-0.1, -0.05) is 30.3 Å². The Bertz CT molecular complexity index is 1050. The van der Waals surface area contributed by atoms with E-state index in [-0.39, 0.29) is 11.1 Å². The highest BCUT2D eigenvalue weighted by Crippen LogP contribution is 2.45. The fourth-order valence-electron chi connectivity index (χ4n) is 3.46. The molecule has 0 aliphatic carbocycles. The van der Waals surface area contributed by atoms with Crippen molar-refractivity contribution in [3.05, 3.63) is 65.7 Å². The van der Waals surface area contributed by atoms with Gasteiger partial charge in [0.2, 0.25) is 0 Å². The number of nitrogens with zero attached hydrogens (tertiary/aromatic N) is 1. The number of hydrogen-bond donors (Lipinski definition) is 2. The van der Waals surface area contributed by atoms with Crippen LogP contribution in [-0.2, 0) is 0 Å². The van der Waals surface area contributed by atoms with Gasteiger partial charge in [-0.25, -0.2) is 13.6 Å². The van der Waals surface area contributed by atoms with Crippen LogP contribution in [0, 0.1) is 11.6 Å². The van der Waals surface area contributed by atoms with Crippen molar-refractivity contribution in [2.24, 2.45) is 0 Å². The molecule has 0 saturated carbocycles. The largest absolute Gasteiger partial charge is 0.478 e. The Kier molecular flexibility index (Phi) is 4.87. The SMILES string of the molecule is O=C(O)c1ccccc1-c1sc(N2CC[C@H](O)C2)cc1-c1cccc(F)c1F. The second kappa shape index (κ2) is 7.33. The van der Waals surface area contributed by atoms with E-state index in [2.05, 4.69) is 0 Å². The third-order valence-corrected chi connectivity index (χ3v) is 6.07. The monoisotopic (exact) mass is 401 g/mol. The summed E-state index contributed by atoms with van der Waals surface area (Å²) in [6.07, 6.45) is 0.189. The van der Waals surface area contributed by atoms with Crippen LogP contribution in [0.25, 0.3) is 21.6 Å². The molecule has 1 fully saturated rings. The molecule has 2 heterocycles. The fourth-order valence-corrected chi connectivity index (χ4v) is 4.70. The second-order valence-corrected chi connectivity index (χ2v) is 7.70. The number of benzene rings is 2. The van der Waals surface area contributed by atoms with E-state index in [1.807, 2.05) is 4.90 Å². The van der Waals surface area contributed by atoms with E-state index >= 15 is 0 Å². The maximum absolute atomic E-state index is 14.6. The molecule has 1 aliphatic heterocycles. The highest BCUT2D eigenvalue weighted by Gasteiger charge is 2.26. The van der Waals surface area contributed by atoms with E-state index in [1.54, 1.807) is 24.3 Å². The summed E-state index contributed by atoms with van der Waals surface area (Å²) >= 11 is 1.32. The van der Waals surface area contributed by atoms with Crippen LogP contribution in [0.2, 0.25) is 0 Å². The van der Waals surface area contributed by atoms with E-state index in [9.17, 15) is 23.8 Å². The summed E-state index contributed by atoms with van der Waals surface area (Å²) in [6.45, 7) is 1.10. The lowest BCUT2D eigenvalue weighted by Crippen LogP contribution is -2.19. The minimum absolute atomic E-state index is 0.0810. The average Bonchev–Trinajstić information content (AvgIpc) is 3.30. The van der Waals surface area contributed by atoms with Crippen LogP contribution in [0.5, 0.6) is 0 Å². The lowest BCUT2D eigenvalue weighted by atomic mass is 9.98. The second-order valence-electron chi connectivity index (χ2n) is 6.67. The van der Waals surface area contributed by atoms with Crippen molar-refractivity contribution < 1.29 is 23.8 Å². The van der Waals surface area contributed by atoms with Gasteiger partial charge in [0.05, 0.1) is 16.7 Å². The molecule has 0 amide bonds. The zero-order chi connectivity index (χ0) is 19.8. The summed E-state index contributed by atoms with van der Waals surface area (Å²) < 4.78 is 28.4. The average molecular weight is 401 g/mol. The van der Waals surface area contributed by atoms with Crippen LogP contribution in [-0.4, -0.2) is 35.4 Å². The highest BCUT2D eigenvalue weighted by molar-refractivity contribution is 7.20. The van der Waals surface area contributed by atoms with Gasteiger partial charge in [-0.05, 0) is 24.6 Å². The van der Waals surface area contributed by atoms with Crippen molar-refractivity contribution in [3.63, 3.8) is 0 Å². The molecule has 4 rings (SSSR count). The quantitative estimate of drug-likeness (QED) is 0.669. The fraction of sp³-hybridized carbons (Fsp3) is 0.190. The van der Waals surface area contributed by atoms with E-state index in [0.29, 0.717) is 35.5 Å². The summed E-state index contributed by atoms with van der Waals surface area (Å²) in [5.74, 6) is -3.02. The number of aliphatic hydroxyl groups is 1. The van der Waals surface area contributed by atoms with Crippen molar-refractivity contribution >= 4 is 22.3 Å². The molecule has 28 heavy (non-hydrogen) atoms. The topological polar surface area (TPSA) is 60.8 Å². The molecular formula is C21H17F2NO3S. The molecule has 1 aliphatic rings. The Morgan fingerprint density at radius 2 is 1.82 bits per heavy atom. The van der Waals surface area contributed by atoms with Gasteiger partial charge in [0, 0.05) is 34.7 Å². The molecule has 4 nitrogen and oxygen atoms in total. The number of aliphatic hydroxyl groups excluding tert-OH is 1. The molecule has 2 N–H and O–H groups in total.